The maximum absolute atomic E-state index is 13.7. The molecule has 2 atom stereocenters. The summed E-state index contributed by atoms with van der Waals surface area (Å²) in [4.78, 5) is 40.7. The van der Waals surface area contributed by atoms with Gasteiger partial charge >= 0.3 is 5.69 Å². The maximum atomic E-state index is 13.7. The minimum absolute atomic E-state index is 0.0327. The molecule has 2 aromatic heterocycles. The number of carbonyl (C=O) groups excluding carboxylic acids is 1. The normalized spacial score (nSPS) is 20.1. The Kier molecular flexibility index (Phi) is 5.40. The Balaban J connectivity index is 1.86. The van der Waals surface area contributed by atoms with Gasteiger partial charge in [0.25, 0.3) is 5.56 Å². The Morgan fingerprint density at radius 1 is 1.08 bits per heavy atom. The number of allylic oxidation sites excluding steroid dienone is 2. The fourth-order valence-corrected chi connectivity index (χ4v) is 5.68. The number of Topliss-reactive ketones (excluding diaryl/α,β-unsaturated/α-hetero) is 1. The van der Waals surface area contributed by atoms with E-state index in [1.54, 1.807) is 22.2 Å². The molecule has 0 saturated carbocycles. The van der Waals surface area contributed by atoms with E-state index in [0.29, 0.717) is 29.2 Å². The molecule has 0 unspecified atom stereocenters. The van der Waals surface area contributed by atoms with Crippen LogP contribution in [-0.4, -0.2) is 19.5 Å². The van der Waals surface area contributed by atoms with E-state index in [1.807, 2.05) is 57.2 Å². The summed E-state index contributed by atoms with van der Waals surface area (Å²) < 4.78 is 4.47. The van der Waals surface area contributed by atoms with Crippen LogP contribution >= 0.6 is 0 Å². The van der Waals surface area contributed by atoms with Crippen LogP contribution in [0, 0.1) is 29.6 Å². The molecule has 36 heavy (non-hydrogen) atoms. The van der Waals surface area contributed by atoms with Gasteiger partial charge in [0.1, 0.15) is 23.4 Å². The van der Waals surface area contributed by atoms with E-state index in [4.69, 9.17) is 0 Å². The van der Waals surface area contributed by atoms with Crippen molar-refractivity contribution in [3.63, 3.8) is 0 Å². The molecule has 0 radical (unpaired) electrons. The Bertz CT molecular complexity index is 1590. The van der Waals surface area contributed by atoms with Crippen LogP contribution in [0.5, 0.6) is 0 Å². The molecule has 0 fully saturated rings. The SMILES string of the molecule is Cc1c([C@H]2c3c(n(Cc4ccccc4)c(=O)n(C)c3=O)NC3=CC(C)(C)CC(=O)[C@@H]32)cc(C#N)n1C. The second kappa shape index (κ2) is 8.23. The predicted molar refractivity (Wildman–Crippen MR) is 137 cm³/mol. The van der Waals surface area contributed by atoms with Gasteiger partial charge in [0, 0.05) is 37.8 Å². The van der Waals surface area contributed by atoms with E-state index in [-0.39, 0.29) is 17.7 Å². The lowest BCUT2D eigenvalue weighted by Crippen LogP contribution is -2.48. The fourth-order valence-electron chi connectivity index (χ4n) is 5.68. The first kappa shape index (κ1) is 23.6. The molecule has 8 nitrogen and oxygen atoms in total. The Morgan fingerprint density at radius 3 is 2.42 bits per heavy atom. The molecule has 1 aliphatic carbocycles. The van der Waals surface area contributed by atoms with Gasteiger partial charge in [-0.1, -0.05) is 50.3 Å². The lowest BCUT2D eigenvalue weighted by Gasteiger charge is -2.41. The summed E-state index contributed by atoms with van der Waals surface area (Å²) in [6.45, 7) is 6.16. The molecule has 8 heteroatoms. The number of hydrogen-bond acceptors (Lipinski definition) is 5. The molecule has 0 bridgehead atoms. The number of rotatable bonds is 3. The van der Waals surface area contributed by atoms with Gasteiger partial charge in [-0.25, -0.2) is 4.79 Å². The summed E-state index contributed by atoms with van der Waals surface area (Å²) in [5.41, 5.74) is 2.76. The largest absolute Gasteiger partial charge is 0.344 e. The summed E-state index contributed by atoms with van der Waals surface area (Å²) in [5.74, 6) is -0.781. The molecule has 3 heterocycles. The number of anilines is 1. The van der Waals surface area contributed by atoms with E-state index >= 15 is 0 Å². The van der Waals surface area contributed by atoms with Gasteiger partial charge in [0.15, 0.2) is 0 Å². The van der Waals surface area contributed by atoms with E-state index in [2.05, 4.69) is 11.4 Å². The van der Waals surface area contributed by atoms with Crippen molar-refractivity contribution in [3.05, 3.63) is 97.1 Å². The van der Waals surface area contributed by atoms with E-state index in [1.165, 1.54) is 7.05 Å². The molecular weight excluding hydrogens is 454 g/mol. The maximum Gasteiger partial charge on any atom is 0.332 e. The van der Waals surface area contributed by atoms with Crippen molar-refractivity contribution in [1.82, 2.24) is 13.7 Å². The van der Waals surface area contributed by atoms with Gasteiger partial charge in [-0.2, -0.15) is 5.26 Å². The third-order valence-electron chi connectivity index (χ3n) is 7.55. The number of benzene rings is 1. The molecule has 1 N–H and O–H groups in total. The van der Waals surface area contributed by atoms with Crippen LogP contribution < -0.4 is 16.6 Å². The number of nitrogens with zero attached hydrogens (tertiary/aromatic N) is 4. The van der Waals surface area contributed by atoms with Crippen LogP contribution in [0.25, 0.3) is 0 Å². The van der Waals surface area contributed by atoms with Gasteiger partial charge in [0.2, 0.25) is 0 Å². The van der Waals surface area contributed by atoms with Crippen molar-refractivity contribution in [1.29, 1.82) is 5.26 Å². The molecule has 0 amide bonds. The second-order valence-electron chi connectivity index (χ2n) is 10.5. The van der Waals surface area contributed by atoms with E-state index in [9.17, 15) is 19.6 Å². The minimum atomic E-state index is -0.620. The predicted octanol–water partition coefficient (Wildman–Crippen LogP) is 3.17. The quantitative estimate of drug-likeness (QED) is 0.617. The monoisotopic (exact) mass is 483 g/mol. The standard InChI is InChI=1S/C28H29N5O3/c1-16-19(11-18(14-29)31(16)4)22-23-20(12-28(2,3)13-21(23)34)30-25-24(22)26(35)32(5)27(36)33(25)15-17-9-7-6-8-10-17/h6-12,22-23,30H,13,15H2,1-5H3/t22-,23-/m1/s1. The molecule has 5 rings (SSSR count). The van der Waals surface area contributed by atoms with Crippen LogP contribution in [0.15, 0.2) is 57.8 Å². The number of ketones is 1. The van der Waals surface area contributed by atoms with Crippen LogP contribution in [0.1, 0.15) is 54.3 Å². The number of carbonyl (C=O) groups is 1. The van der Waals surface area contributed by atoms with Gasteiger partial charge in [0.05, 0.1) is 18.0 Å². The number of fused-ring (bicyclic) bond motifs is 2. The third kappa shape index (κ3) is 3.54. The molecule has 0 spiro atoms. The summed E-state index contributed by atoms with van der Waals surface area (Å²) in [6.07, 6.45) is 2.39. The second-order valence-corrected chi connectivity index (χ2v) is 10.5. The number of aromatic nitrogens is 3. The van der Waals surface area contributed by atoms with Crippen LogP contribution in [0.2, 0.25) is 0 Å². The highest BCUT2D eigenvalue weighted by molar-refractivity contribution is 5.90. The molecule has 2 aliphatic rings. The smallest absolute Gasteiger partial charge is 0.332 e. The van der Waals surface area contributed by atoms with Crippen LogP contribution in [0.4, 0.5) is 5.82 Å². The average Bonchev–Trinajstić information content (AvgIpc) is 3.12. The van der Waals surface area contributed by atoms with E-state index in [0.717, 1.165) is 21.4 Å². The number of hydrogen-bond donors (Lipinski definition) is 1. The molecule has 3 aromatic rings. The summed E-state index contributed by atoms with van der Waals surface area (Å²) in [6, 6.07) is 13.6. The first-order valence-corrected chi connectivity index (χ1v) is 12.0. The van der Waals surface area contributed by atoms with Crippen molar-refractivity contribution >= 4 is 11.6 Å². The zero-order chi connectivity index (χ0) is 25.9. The van der Waals surface area contributed by atoms with Gasteiger partial charge in [-0.3, -0.25) is 18.7 Å². The highest BCUT2D eigenvalue weighted by Crippen LogP contribution is 2.49. The highest BCUT2D eigenvalue weighted by Gasteiger charge is 2.47. The lowest BCUT2D eigenvalue weighted by atomic mass is 9.67. The summed E-state index contributed by atoms with van der Waals surface area (Å²) in [5, 5.41) is 13.0. The van der Waals surface area contributed by atoms with Crippen molar-refractivity contribution in [3.8, 4) is 6.07 Å². The molecular formula is C28H29N5O3. The minimum Gasteiger partial charge on any atom is -0.344 e. The van der Waals surface area contributed by atoms with E-state index < -0.39 is 23.1 Å². The zero-order valence-electron chi connectivity index (χ0n) is 21.1. The summed E-state index contributed by atoms with van der Waals surface area (Å²) >= 11 is 0. The van der Waals surface area contributed by atoms with Gasteiger partial charge in [-0.15, -0.1) is 0 Å². The topological polar surface area (TPSA) is 102 Å². The third-order valence-corrected chi connectivity index (χ3v) is 7.55. The summed E-state index contributed by atoms with van der Waals surface area (Å²) in [7, 11) is 3.27. The molecule has 1 aliphatic heterocycles. The first-order valence-electron chi connectivity index (χ1n) is 12.0. The first-order chi connectivity index (χ1) is 17.0. The molecule has 1 aromatic carbocycles. The molecule has 0 saturated heterocycles. The van der Waals surface area contributed by atoms with Crippen molar-refractivity contribution < 1.29 is 4.79 Å². The van der Waals surface area contributed by atoms with Crippen LogP contribution in [-0.2, 0) is 25.4 Å². The van der Waals surface area contributed by atoms with Gasteiger partial charge < -0.3 is 9.88 Å². The van der Waals surface area contributed by atoms with Crippen LogP contribution in [0.3, 0.4) is 0 Å². The Hall–Kier alpha value is -4.12. The molecule has 184 valence electrons. The Morgan fingerprint density at radius 2 is 1.78 bits per heavy atom. The Labute approximate surface area is 209 Å². The zero-order valence-corrected chi connectivity index (χ0v) is 21.1. The van der Waals surface area contributed by atoms with Crippen molar-refractivity contribution in [2.75, 3.05) is 5.32 Å². The number of nitrogens with one attached hydrogen (secondary N) is 1. The number of nitriles is 1. The van der Waals surface area contributed by atoms with Crippen molar-refractivity contribution in [2.45, 2.75) is 39.7 Å². The van der Waals surface area contributed by atoms with Gasteiger partial charge in [-0.05, 0) is 29.5 Å². The van der Waals surface area contributed by atoms with Crippen molar-refractivity contribution in [2.24, 2.45) is 25.4 Å². The average molecular weight is 484 g/mol. The highest BCUT2D eigenvalue weighted by atomic mass is 16.2. The fraction of sp³-hybridized carbons (Fsp3) is 0.357. The lowest BCUT2D eigenvalue weighted by molar-refractivity contribution is -0.124.